The lowest BCUT2D eigenvalue weighted by Crippen LogP contribution is -2.46. The van der Waals surface area contributed by atoms with Crippen LogP contribution in [-0.4, -0.2) is 40.5 Å². The van der Waals surface area contributed by atoms with Gasteiger partial charge >= 0.3 is 6.18 Å². The van der Waals surface area contributed by atoms with Crippen molar-refractivity contribution in [1.29, 1.82) is 0 Å². The average molecular weight is 497 g/mol. The highest BCUT2D eigenvalue weighted by atomic mass is 19.4. The second-order valence-electron chi connectivity index (χ2n) is 8.73. The maximum atomic E-state index is 14.7. The van der Waals surface area contributed by atoms with E-state index < -0.39 is 41.2 Å². The van der Waals surface area contributed by atoms with E-state index in [1.807, 2.05) is 0 Å². The van der Waals surface area contributed by atoms with Gasteiger partial charge in [0.05, 0.1) is 48.8 Å². The van der Waals surface area contributed by atoms with Crippen LogP contribution in [0, 0.1) is 5.82 Å². The molecule has 3 atom stereocenters. The molecule has 5 rings (SSSR count). The highest BCUT2D eigenvalue weighted by Crippen LogP contribution is 2.39. The summed E-state index contributed by atoms with van der Waals surface area (Å²) in [7, 11) is 0. The Morgan fingerprint density at radius 1 is 1.09 bits per heavy atom. The summed E-state index contributed by atoms with van der Waals surface area (Å²) in [5, 5.41) is 9.96. The van der Waals surface area contributed by atoms with Crippen LogP contribution in [0.2, 0.25) is 0 Å². The molecule has 0 saturated carbocycles. The maximum Gasteiger partial charge on any atom is 0.437 e. The van der Waals surface area contributed by atoms with Crippen molar-refractivity contribution in [2.24, 2.45) is 0 Å². The van der Waals surface area contributed by atoms with Gasteiger partial charge in [0.2, 0.25) is 0 Å². The highest BCUT2D eigenvalue weighted by molar-refractivity contribution is 5.93. The quantitative estimate of drug-likeness (QED) is 0.459. The number of nitrogens with zero attached hydrogens (tertiary/aromatic N) is 4. The van der Waals surface area contributed by atoms with Crippen LogP contribution in [0.1, 0.15) is 49.1 Å². The van der Waals surface area contributed by atoms with E-state index in [9.17, 15) is 26.3 Å². The molecule has 2 aliphatic heterocycles. The number of alkyl halides is 5. The van der Waals surface area contributed by atoms with E-state index in [0.717, 1.165) is 18.9 Å². The number of morpholine rings is 1. The minimum Gasteiger partial charge on any atom is -0.377 e. The van der Waals surface area contributed by atoms with E-state index in [-0.39, 0.29) is 28.9 Å². The van der Waals surface area contributed by atoms with Gasteiger partial charge in [-0.2, -0.15) is 13.2 Å². The molecule has 35 heavy (non-hydrogen) atoms. The van der Waals surface area contributed by atoms with Crippen molar-refractivity contribution in [3.8, 4) is 0 Å². The van der Waals surface area contributed by atoms with Gasteiger partial charge in [-0.3, -0.25) is 4.98 Å². The fourth-order valence-corrected chi connectivity index (χ4v) is 4.87. The molecule has 4 heterocycles. The van der Waals surface area contributed by atoms with Crippen molar-refractivity contribution in [2.45, 2.75) is 50.5 Å². The Labute approximate surface area is 196 Å². The molecule has 0 spiro atoms. The molecule has 1 aromatic carbocycles. The van der Waals surface area contributed by atoms with Crippen molar-refractivity contribution in [1.82, 2.24) is 15.2 Å². The SMILES string of the molecule is C[C@@H](Nc1nnc(C(F)(F)F)c2ncc(N3C4CCC3COC4)cc12)c1cccc(C(F)F)c1F. The second kappa shape index (κ2) is 8.81. The van der Waals surface area contributed by atoms with Gasteiger partial charge in [0.1, 0.15) is 11.3 Å². The Hall–Kier alpha value is -3.15. The molecule has 0 amide bonds. The van der Waals surface area contributed by atoms with E-state index in [4.69, 9.17) is 4.74 Å². The predicted octanol–water partition coefficient (Wildman–Crippen LogP) is 5.66. The normalized spacial score (nSPS) is 21.1. The summed E-state index contributed by atoms with van der Waals surface area (Å²) in [5.74, 6) is -1.15. The molecule has 3 aromatic rings. The van der Waals surface area contributed by atoms with Gasteiger partial charge in [-0.1, -0.05) is 18.2 Å². The molecule has 6 nitrogen and oxygen atoms in total. The zero-order chi connectivity index (χ0) is 24.9. The van der Waals surface area contributed by atoms with Crippen LogP contribution in [0.15, 0.2) is 30.5 Å². The lowest BCUT2D eigenvalue weighted by molar-refractivity contribution is -0.140. The molecule has 2 saturated heterocycles. The van der Waals surface area contributed by atoms with E-state index in [1.54, 1.807) is 6.07 Å². The van der Waals surface area contributed by atoms with Gasteiger partial charge in [0, 0.05) is 10.9 Å². The molecule has 2 aliphatic rings. The topological polar surface area (TPSA) is 63.2 Å². The van der Waals surface area contributed by atoms with Crippen molar-refractivity contribution < 1.29 is 31.1 Å². The van der Waals surface area contributed by atoms with Crippen molar-refractivity contribution >= 4 is 22.4 Å². The summed E-state index contributed by atoms with van der Waals surface area (Å²) in [5.41, 5.74) is -1.86. The Bertz CT molecular complexity index is 1240. The predicted molar refractivity (Wildman–Crippen MR) is 116 cm³/mol. The third-order valence-electron chi connectivity index (χ3n) is 6.52. The number of ether oxygens (including phenoxy) is 1. The van der Waals surface area contributed by atoms with Gasteiger partial charge in [-0.25, -0.2) is 13.2 Å². The molecule has 0 aliphatic carbocycles. The molecule has 2 unspecified atom stereocenters. The smallest absolute Gasteiger partial charge is 0.377 e. The van der Waals surface area contributed by atoms with Crippen molar-refractivity contribution in [2.75, 3.05) is 23.4 Å². The van der Waals surface area contributed by atoms with E-state index in [1.165, 1.54) is 25.3 Å². The number of benzene rings is 1. The zero-order valence-electron chi connectivity index (χ0n) is 18.5. The first-order valence-corrected chi connectivity index (χ1v) is 11.1. The second-order valence-corrected chi connectivity index (χ2v) is 8.73. The van der Waals surface area contributed by atoms with Crippen LogP contribution in [-0.2, 0) is 10.9 Å². The van der Waals surface area contributed by atoms with E-state index in [0.29, 0.717) is 18.9 Å². The fourth-order valence-electron chi connectivity index (χ4n) is 4.87. The van der Waals surface area contributed by atoms with Crippen molar-refractivity contribution in [3.05, 3.63) is 53.1 Å². The number of hydrogen-bond acceptors (Lipinski definition) is 6. The van der Waals surface area contributed by atoms with Crippen molar-refractivity contribution in [3.63, 3.8) is 0 Å². The fraction of sp³-hybridized carbons (Fsp3) is 0.435. The monoisotopic (exact) mass is 497 g/mol. The third kappa shape index (κ3) is 4.24. The van der Waals surface area contributed by atoms with E-state index in [2.05, 4.69) is 25.4 Å². The molecule has 2 aromatic heterocycles. The van der Waals surface area contributed by atoms with Gasteiger partial charge in [-0.15, -0.1) is 10.2 Å². The molecule has 12 heteroatoms. The Balaban J connectivity index is 1.58. The van der Waals surface area contributed by atoms with Crippen LogP contribution < -0.4 is 10.2 Å². The Morgan fingerprint density at radius 3 is 2.43 bits per heavy atom. The Morgan fingerprint density at radius 2 is 1.77 bits per heavy atom. The first-order chi connectivity index (χ1) is 16.6. The lowest BCUT2D eigenvalue weighted by Gasteiger charge is -2.36. The number of aromatic nitrogens is 3. The molecular weight excluding hydrogens is 476 g/mol. The van der Waals surface area contributed by atoms with Crippen LogP contribution >= 0.6 is 0 Å². The Kier molecular flexibility index (Phi) is 5.94. The number of pyridine rings is 1. The number of halogens is 6. The summed E-state index contributed by atoms with van der Waals surface area (Å²) in [6, 6.07) is 4.44. The van der Waals surface area contributed by atoms with Gasteiger partial charge in [0.15, 0.2) is 11.5 Å². The van der Waals surface area contributed by atoms with Crippen LogP contribution in [0.4, 0.5) is 37.8 Å². The molecule has 1 N–H and O–H groups in total. The number of rotatable bonds is 5. The molecule has 2 bridgehead atoms. The first-order valence-electron chi connectivity index (χ1n) is 11.1. The molecular formula is C23H21F6N5O. The first kappa shape index (κ1) is 23.6. The summed E-state index contributed by atoms with van der Waals surface area (Å²) in [6.07, 6.45) is -4.63. The standard InChI is InChI=1S/C23H21F6N5O/c1-11(15-3-2-4-16(18(15)24)21(25)26)31-22-17-7-14(34-12-5-6-13(34)10-35-9-12)8-30-19(17)20(32-33-22)23(27,28)29/h2-4,7-8,11-13,21H,5-6,9-10H2,1H3,(H,31,33)/t11-,12?,13?/m1/s1. The van der Waals surface area contributed by atoms with Crippen LogP contribution in [0.3, 0.4) is 0 Å². The van der Waals surface area contributed by atoms with Crippen LogP contribution in [0.5, 0.6) is 0 Å². The van der Waals surface area contributed by atoms with E-state index >= 15 is 0 Å². The number of anilines is 2. The minimum absolute atomic E-state index is 0.0491. The number of hydrogen-bond donors (Lipinski definition) is 1. The van der Waals surface area contributed by atoms with Gasteiger partial charge in [0.25, 0.3) is 6.43 Å². The van der Waals surface area contributed by atoms with Gasteiger partial charge < -0.3 is 15.0 Å². The highest BCUT2D eigenvalue weighted by Gasteiger charge is 2.39. The number of nitrogens with one attached hydrogen (secondary N) is 1. The lowest BCUT2D eigenvalue weighted by atomic mass is 10.0. The number of fused-ring (bicyclic) bond motifs is 3. The maximum absolute atomic E-state index is 14.7. The molecule has 0 radical (unpaired) electrons. The summed E-state index contributed by atoms with van der Waals surface area (Å²) in [6.45, 7) is 2.52. The summed E-state index contributed by atoms with van der Waals surface area (Å²) >= 11 is 0. The zero-order valence-corrected chi connectivity index (χ0v) is 18.5. The van der Waals surface area contributed by atoms with Crippen LogP contribution in [0.25, 0.3) is 10.9 Å². The minimum atomic E-state index is -4.79. The summed E-state index contributed by atoms with van der Waals surface area (Å²) < 4.78 is 87.4. The third-order valence-corrected chi connectivity index (χ3v) is 6.52. The molecule has 186 valence electrons. The largest absolute Gasteiger partial charge is 0.437 e. The molecule has 2 fully saturated rings. The average Bonchev–Trinajstić information content (AvgIpc) is 3.06. The van der Waals surface area contributed by atoms with Gasteiger partial charge in [-0.05, 0) is 25.8 Å². The summed E-state index contributed by atoms with van der Waals surface area (Å²) in [4.78, 5) is 6.20.